The summed E-state index contributed by atoms with van der Waals surface area (Å²) < 4.78 is 0. The first-order chi connectivity index (χ1) is 6.75. The van der Waals surface area contributed by atoms with Crippen LogP contribution in [0.1, 0.15) is 40.5 Å². The monoisotopic (exact) mass is 213 g/mol. The lowest BCUT2D eigenvalue weighted by molar-refractivity contribution is -0.146. The molecule has 2 unspecified atom stereocenters. The van der Waals surface area contributed by atoms with E-state index in [9.17, 15) is 14.7 Å². The van der Waals surface area contributed by atoms with Crippen molar-refractivity contribution in [2.75, 3.05) is 0 Å². The van der Waals surface area contributed by atoms with Gasteiger partial charge in [0.15, 0.2) is 5.78 Å². The maximum absolute atomic E-state index is 12.0. The number of rotatable bonds is 1. The van der Waals surface area contributed by atoms with E-state index in [0.717, 1.165) is 0 Å². The lowest BCUT2D eigenvalue weighted by Crippen LogP contribution is -2.47. The molecule has 2 atom stereocenters. The van der Waals surface area contributed by atoms with Crippen molar-refractivity contribution in [1.29, 1.82) is 0 Å². The van der Waals surface area contributed by atoms with Gasteiger partial charge in [0.1, 0.15) is 6.23 Å². The number of hydrogen-bond donors (Lipinski definition) is 1. The molecule has 0 aromatic carbocycles. The van der Waals surface area contributed by atoms with Gasteiger partial charge in [-0.3, -0.25) is 9.59 Å². The van der Waals surface area contributed by atoms with Crippen molar-refractivity contribution in [3.05, 3.63) is 0 Å². The molecule has 1 aliphatic heterocycles. The smallest absolute Gasteiger partial charge is 0.222 e. The Kier molecular flexibility index (Phi) is 3.19. The molecule has 1 N–H and O–H groups in total. The number of nitrogens with zero attached hydrogens (tertiary/aromatic N) is 1. The molecule has 4 nitrogen and oxygen atoms in total. The lowest BCUT2D eigenvalue weighted by atomic mass is 9.85. The van der Waals surface area contributed by atoms with E-state index in [2.05, 4.69) is 0 Å². The molecule has 1 amide bonds. The van der Waals surface area contributed by atoms with Crippen molar-refractivity contribution in [3.8, 4) is 0 Å². The molecule has 1 aliphatic rings. The van der Waals surface area contributed by atoms with Gasteiger partial charge < -0.3 is 10.0 Å². The summed E-state index contributed by atoms with van der Waals surface area (Å²) >= 11 is 0. The predicted molar refractivity (Wildman–Crippen MR) is 56.0 cm³/mol. The number of carbonyl (C=O) groups is 2. The van der Waals surface area contributed by atoms with Gasteiger partial charge in [-0.25, -0.2) is 0 Å². The summed E-state index contributed by atoms with van der Waals surface area (Å²) in [7, 11) is 0. The molecule has 0 radical (unpaired) electrons. The molecule has 1 saturated heterocycles. The average Bonchev–Trinajstić information content (AvgIpc) is 2.43. The van der Waals surface area contributed by atoms with Crippen molar-refractivity contribution in [2.24, 2.45) is 5.41 Å². The Balaban J connectivity index is 2.87. The number of Topliss-reactive ketones (excluding diaryl/α,β-unsaturated/α-hetero) is 1. The minimum atomic E-state index is -0.793. The average molecular weight is 213 g/mol. The van der Waals surface area contributed by atoms with Crippen LogP contribution in [0.15, 0.2) is 0 Å². The van der Waals surface area contributed by atoms with Crippen molar-refractivity contribution in [3.63, 3.8) is 0 Å². The van der Waals surface area contributed by atoms with Gasteiger partial charge in [0.2, 0.25) is 5.91 Å². The third-order valence-corrected chi connectivity index (χ3v) is 2.76. The van der Waals surface area contributed by atoms with Gasteiger partial charge in [-0.05, 0) is 12.8 Å². The summed E-state index contributed by atoms with van der Waals surface area (Å²) in [5, 5.41) is 9.60. The van der Waals surface area contributed by atoms with Gasteiger partial charge in [-0.15, -0.1) is 0 Å². The van der Waals surface area contributed by atoms with Crippen LogP contribution in [-0.4, -0.2) is 34.0 Å². The van der Waals surface area contributed by atoms with Crippen LogP contribution in [0.25, 0.3) is 0 Å². The highest BCUT2D eigenvalue weighted by Crippen LogP contribution is 2.29. The van der Waals surface area contributed by atoms with E-state index in [1.165, 1.54) is 11.8 Å². The molecule has 0 spiro atoms. The normalized spacial score (nSPS) is 26.9. The van der Waals surface area contributed by atoms with Crippen molar-refractivity contribution in [2.45, 2.75) is 52.8 Å². The summed E-state index contributed by atoms with van der Waals surface area (Å²) in [6.07, 6.45) is 0.266. The summed E-state index contributed by atoms with van der Waals surface area (Å²) in [5.74, 6) is -0.211. The number of likely N-dealkylation sites (tertiary alicyclic amines) is 1. The van der Waals surface area contributed by atoms with Crippen molar-refractivity contribution < 1.29 is 14.7 Å². The summed E-state index contributed by atoms with van der Waals surface area (Å²) in [6, 6.07) is -0.447. The standard InChI is InChI=1S/C11H19NO3/c1-7(13)12-8(5-6-9(12)14)10(15)11(2,3)4/h8-9,14H,5-6H2,1-4H3. The Morgan fingerprint density at radius 1 is 1.27 bits per heavy atom. The van der Waals surface area contributed by atoms with Gasteiger partial charge in [-0.1, -0.05) is 20.8 Å². The molecule has 86 valence electrons. The number of hydrogen-bond acceptors (Lipinski definition) is 3. The Hall–Kier alpha value is -0.900. The van der Waals surface area contributed by atoms with Crippen molar-refractivity contribution in [1.82, 2.24) is 4.90 Å². The third-order valence-electron chi connectivity index (χ3n) is 2.76. The Bertz CT molecular complexity index is 280. The summed E-state index contributed by atoms with van der Waals surface area (Å²) in [4.78, 5) is 24.6. The Morgan fingerprint density at radius 2 is 1.80 bits per heavy atom. The van der Waals surface area contributed by atoms with Crippen LogP contribution >= 0.6 is 0 Å². The SMILES string of the molecule is CC(=O)N1C(O)CCC1C(=O)C(C)(C)C. The first kappa shape index (κ1) is 12.2. The molecule has 4 heteroatoms. The minimum absolute atomic E-state index is 0.0225. The molecule has 1 rings (SSSR count). The molecule has 15 heavy (non-hydrogen) atoms. The maximum Gasteiger partial charge on any atom is 0.222 e. The third kappa shape index (κ3) is 2.37. The van der Waals surface area contributed by atoms with Crippen LogP contribution in [0.4, 0.5) is 0 Å². The fraction of sp³-hybridized carbons (Fsp3) is 0.818. The van der Waals surface area contributed by atoms with Gasteiger partial charge in [0, 0.05) is 12.3 Å². The zero-order valence-corrected chi connectivity index (χ0v) is 9.78. The highest BCUT2D eigenvalue weighted by Gasteiger charge is 2.41. The Morgan fingerprint density at radius 3 is 2.20 bits per heavy atom. The van der Waals surface area contributed by atoms with Gasteiger partial charge >= 0.3 is 0 Å². The van der Waals surface area contributed by atoms with Gasteiger partial charge in [-0.2, -0.15) is 0 Å². The quantitative estimate of drug-likeness (QED) is 0.705. The minimum Gasteiger partial charge on any atom is -0.374 e. The van der Waals surface area contributed by atoms with Gasteiger partial charge in [0.25, 0.3) is 0 Å². The molecule has 0 aliphatic carbocycles. The number of ketones is 1. The number of amides is 1. The molecule has 0 aromatic rings. The summed E-state index contributed by atoms with van der Waals surface area (Å²) in [6.45, 7) is 6.88. The fourth-order valence-corrected chi connectivity index (χ4v) is 1.98. The van der Waals surface area contributed by atoms with E-state index >= 15 is 0 Å². The highest BCUT2D eigenvalue weighted by atomic mass is 16.3. The van der Waals surface area contributed by atoms with Crippen LogP contribution in [0.5, 0.6) is 0 Å². The van der Waals surface area contributed by atoms with Crippen LogP contribution in [0, 0.1) is 5.41 Å². The predicted octanol–water partition coefficient (Wildman–Crippen LogP) is 0.931. The van der Waals surface area contributed by atoms with Gasteiger partial charge in [0.05, 0.1) is 6.04 Å². The van der Waals surface area contributed by atoms with Crippen molar-refractivity contribution >= 4 is 11.7 Å². The zero-order valence-electron chi connectivity index (χ0n) is 9.78. The zero-order chi connectivity index (χ0) is 11.8. The van der Waals surface area contributed by atoms with Crippen LogP contribution in [0.3, 0.4) is 0 Å². The first-order valence-electron chi connectivity index (χ1n) is 5.26. The van der Waals surface area contributed by atoms with Crippen LogP contribution < -0.4 is 0 Å². The molecule has 0 aromatic heterocycles. The second-order valence-corrected chi connectivity index (χ2v) is 5.11. The number of carbonyl (C=O) groups excluding carboxylic acids is 2. The summed E-state index contributed by atoms with van der Waals surface area (Å²) in [5.41, 5.74) is -0.470. The maximum atomic E-state index is 12.0. The molecule has 0 saturated carbocycles. The molecule has 0 bridgehead atoms. The first-order valence-corrected chi connectivity index (χ1v) is 5.26. The van der Waals surface area contributed by atoms with E-state index in [-0.39, 0.29) is 11.7 Å². The largest absolute Gasteiger partial charge is 0.374 e. The van der Waals surface area contributed by atoms with E-state index < -0.39 is 17.7 Å². The molecule has 1 fully saturated rings. The van der Waals surface area contributed by atoms with Crippen LogP contribution in [0.2, 0.25) is 0 Å². The van der Waals surface area contributed by atoms with E-state index in [1.54, 1.807) is 0 Å². The van der Waals surface area contributed by atoms with E-state index in [4.69, 9.17) is 0 Å². The Labute approximate surface area is 90.3 Å². The van der Waals surface area contributed by atoms with E-state index in [1.807, 2.05) is 20.8 Å². The topological polar surface area (TPSA) is 57.6 Å². The lowest BCUT2D eigenvalue weighted by Gasteiger charge is -2.29. The molecule has 1 heterocycles. The highest BCUT2D eigenvalue weighted by molar-refractivity contribution is 5.92. The fourth-order valence-electron chi connectivity index (χ4n) is 1.98. The number of aliphatic hydroxyl groups is 1. The molecular formula is C11H19NO3. The number of aliphatic hydroxyl groups excluding tert-OH is 1. The van der Waals surface area contributed by atoms with Crippen LogP contribution in [-0.2, 0) is 9.59 Å². The second kappa shape index (κ2) is 3.93. The second-order valence-electron chi connectivity index (χ2n) is 5.11. The molecular weight excluding hydrogens is 194 g/mol. The van der Waals surface area contributed by atoms with E-state index in [0.29, 0.717) is 12.8 Å².